The number of imidazole rings is 1. The van der Waals surface area contributed by atoms with Gasteiger partial charge >= 0.3 is 6.18 Å². The van der Waals surface area contributed by atoms with Crippen molar-refractivity contribution in [2.45, 2.75) is 50.7 Å². The number of hydrogen-bond donors (Lipinski definition) is 2. The number of rotatable bonds is 5. The lowest BCUT2D eigenvalue weighted by Gasteiger charge is -2.35. The zero-order valence-electron chi connectivity index (χ0n) is 12.2. The Morgan fingerprint density at radius 2 is 2.24 bits per heavy atom. The smallest absolute Gasteiger partial charge is 0.338 e. The molecular weight excluding hydrogens is 281 g/mol. The van der Waals surface area contributed by atoms with Crippen LogP contribution in [0.2, 0.25) is 0 Å². The highest BCUT2D eigenvalue weighted by atomic mass is 19.4. The van der Waals surface area contributed by atoms with Gasteiger partial charge in [-0.05, 0) is 31.6 Å². The molecule has 3 atom stereocenters. The summed E-state index contributed by atoms with van der Waals surface area (Å²) in [5.74, 6) is 5.31. The highest BCUT2D eigenvalue weighted by Gasteiger charge is 2.43. The molecule has 0 spiro atoms. The minimum atomic E-state index is -4.09. The Morgan fingerprint density at radius 1 is 1.48 bits per heavy atom. The van der Waals surface area contributed by atoms with Gasteiger partial charge in [-0.15, -0.1) is 0 Å². The van der Waals surface area contributed by atoms with E-state index in [0.717, 1.165) is 12.2 Å². The van der Waals surface area contributed by atoms with Gasteiger partial charge in [-0.2, -0.15) is 13.2 Å². The Balaban J connectivity index is 1.92. The maximum absolute atomic E-state index is 12.9. The number of aryl methyl sites for hydroxylation is 2. The quantitative estimate of drug-likeness (QED) is 0.649. The first kappa shape index (κ1) is 16.3. The minimum Gasteiger partial charge on any atom is -0.338 e. The monoisotopic (exact) mass is 304 g/mol. The molecule has 0 aromatic carbocycles. The van der Waals surface area contributed by atoms with Crippen LogP contribution in [0.5, 0.6) is 0 Å². The van der Waals surface area contributed by atoms with Gasteiger partial charge in [-0.1, -0.05) is 6.42 Å². The van der Waals surface area contributed by atoms with Crippen LogP contribution in [-0.4, -0.2) is 21.8 Å². The van der Waals surface area contributed by atoms with Crippen molar-refractivity contribution in [2.24, 2.45) is 24.7 Å². The van der Waals surface area contributed by atoms with Crippen LogP contribution in [0.3, 0.4) is 0 Å². The molecule has 1 aliphatic carbocycles. The molecule has 3 unspecified atom stereocenters. The van der Waals surface area contributed by atoms with E-state index in [2.05, 4.69) is 10.4 Å². The molecule has 4 nitrogen and oxygen atoms in total. The van der Waals surface area contributed by atoms with Crippen LogP contribution in [0, 0.1) is 11.8 Å². The van der Waals surface area contributed by atoms with Crippen molar-refractivity contribution in [2.75, 3.05) is 0 Å². The molecule has 1 aromatic rings. The van der Waals surface area contributed by atoms with Crippen molar-refractivity contribution in [3.8, 4) is 0 Å². The molecule has 3 N–H and O–H groups in total. The topological polar surface area (TPSA) is 55.9 Å². The number of hydrogen-bond acceptors (Lipinski definition) is 3. The molecule has 0 saturated heterocycles. The second-order valence-corrected chi connectivity index (χ2v) is 5.93. The van der Waals surface area contributed by atoms with E-state index in [9.17, 15) is 13.2 Å². The number of nitrogens with two attached hydrogens (primary N) is 1. The van der Waals surface area contributed by atoms with Crippen LogP contribution in [0.25, 0.3) is 0 Å². The summed E-state index contributed by atoms with van der Waals surface area (Å²) in [5, 5.41) is 0. The van der Waals surface area contributed by atoms with Gasteiger partial charge in [0.2, 0.25) is 0 Å². The summed E-state index contributed by atoms with van der Waals surface area (Å²) in [4.78, 5) is 4.24. The maximum Gasteiger partial charge on any atom is 0.391 e. The molecule has 0 bridgehead atoms. The molecule has 120 valence electrons. The fourth-order valence-corrected chi connectivity index (χ4v) is 3.27. The first-order valence-electron chi connectivity index (χ1n) is 7.41. The van der Waals surface area contributed by atoms with Crippen molar-refractivity contribution in [1.82, 2.24) is 15.0 Å². The van der Waals surface area contributed by atoms with Crippen molar-refractivity contribution >= 4 is 0 Å². The standard InChI is InChI=1S/C14H23F3N4/c1-21-8-7-19-13(21)6-5-12(20-18)10-3-2-4-11(9-10)14(15,16)17/h7-8,10-12,20H,2-6,9,18H2,1H3. The van der Waals surface area contributed by atoms with Crippen LogP contribution in [0.4, 0.5) is 13.2 Å². The number of nitrogens with one attached hydrogen (secondary N) is 1. The molecule has 2 rings (SSSR count). The first-order valence-corrected chi connectivity index (χ1v) is 7.41. The fraction of sp³-hybridized carbons (Fsp3) is 0.786. The lowest BCUT2D eigenvalue weighted by atomic mass is 9.76. The lowest BCUT2D eigenvalue weighted by molar-refractivity contribution is -0.186. The fourth-order valence-electron chi connectivity index (χ4n) is 3.27. The molecule has 7 heteroatoms. The third-order valence-electron chi connectivity index (χ3n) is 4.56. The predicted molar refractivity (Wildman–Crippen MR) is 74.1 cm³/mol. The maximum atomic E-state index is 12.9. The van der Waals surface area contributed by atoms with Gasteiger partial charge in [0.25, 0.3) is 0 Å². The van der Waals surface area contributed by atoms with Crippen LogP contribution in [0.15, 0.2) is 12.4 Å². The van der Waals surface area contributed by atoms with E-state index in [-0.39, 0.29) is 24.8 Å². The molecule has 1 aromatic heterocycles. The number of alkyl halides is 3. The Bertz CT molecular complexity index is 444. The Kier molecular flexibility index (Phi) is 5.27. The first-order chi connectivity index (χ1) is 9.91. The van der Waals surface area contributed by atoms with Gasteiger partial charge in [0.1, 0.15) is 5.82 Å². The van der Waals surface area contributed by atoms with Gasteiger partial charge in [0, 0.05) is 31.9 Å². The summed E-state index contributed by atoms with van der Waals surface area (Å²) < 4.78 is 40.6. The number of hydrazine groups is 1. The highest BCUT2D eigenvalue weighted by Crippen LogP contribution is 2.41. The van der Waals surface area contributed by atoms with Crippen molar-refractivity contribution < 1.29 is 13.2 Å². The van der Waals surface area contributed by atoms with Gasteiger partial charge in [0.15, 0.2) is 0 Å². The minimum absolute atomic E-state index is 0.0179. The largest absolute Gasteiger partial charge is 0.391 e. The van der Waals surface area contributed by atoms with E-state index >= 15 is 0 Å². The third-order valence-corrected chi connectivity index (χ3v) is 4.56. The van der Waals surface area contributed by atoms with Crippen molar-refractivity contribution in [1.29, 1.82) is 0 Å². The molecule has 21 heavy (non-hydrogen) atoms. The Morgan fingerprint density at radius 3 is 2.81 bits per heavy atom. The normalized spacial score (nSPS) is 25.0. The second-order valence-electron chi connectivity index (χ2n) is 5.93. The van der Waals surface area contributed by atoms with E-state index in [1.54, 1.807) is 6.20 Å². The number of halogens is 3. The van der Waals surface area contributed by atoms with Crippen LogP contribution < -0.4 is 11.3 Å². The zero-order valence-corrected chi connectivity index (χ0v) is 12.2. The van der Waals surface area contributed by atoms with E-state index < -0.39 is 12.1 Å². The summed E-state index contributed by atoms with van der Waals surface area (Å²) in [6.45, 7) is 0. The SMILES string of the molecule is Cn1ccnc1CCC(NN)C1CCCC(C(F)(F)F)C1. The van der Waals surface area contributed by atoms with E-state index in [1.165, 1.54) is 0 Å². The average molecular weight is 304 g/mol. The Hall–Kier alpha value is -1.08. The summed E-state index contributed by atoms with van der Waals surface area (Å²) in [5.41, 5.74) is 2.72. The second kappa shape index (κ2) is 6.79. The zero-order chi connectivity index (χ0) is 15.5. The summed E-state index contributed by atoms with van der Waals surface area (Å²) in [7, 11) is 1.91. The molecule has 1 heterocycles. The van der Waals surface area contributed by atoms with Crippen LogP contribution >= 0.6 is 0 Å². The van der Waals surface area contributed by atoms with Crippen LogP contribution in [0.1, 0.15) is 37.9 Å². The highest BCUT2D eigenvalue weighted by molar-refractivity contribution is 4.93. The van der Waals surface area contributed by atoms with Crippen LogP contribution in [-0.2, 0) is 13.5 Å². The van der Waals surface area contributed by atoms with Crippen molar-refractivity contribution in [3.63, 3.8) is 0 Å². The summed E-state index contributed by atoms with van der Waals surface area (Å²) in [6.07, 6.45) is 2.77. The van der Waals surface area contributed by atoms with Gasteiger partial charge in [-0.25, -0.2) is 4.98 Å². The number of aromatic nitrogens is 2. The summed E-state index contributed by atoms with van der Waals surface area (Å²) in [6, 6.07) is -0.0909. The van der Waals surface area contributed by atoms with Gasteiger partial charge in [0.05, 0.1) is 5.92 Å². The molecule has 1 aliphatic rings. The molecule has 0 amide bonds. The number of nitrogens with zero attached hydrogens (tertiary/aromatic N) is 2. The van der Waals surface area contributed by atoms with Crippen molar-refractivity contribution in [3.05, 3.63) is 18.2 Å². The summed E-state index contributed by atoms with van der Waals surface area (Å²) >= 11 is 0. The molecule has 1 saturated carbocycles. The van der Waals surface area contributed by atoms with Gasteiger partial charge in [-0.3, -0.25) is 11.3 Å². The molecule has 0 radical (unpaired) electrons. The molecule has 1 fully saturated rings. The van der Waals surface area contributed by atoms with E-state index in [0.29, 0.717) is 19.3 Å². The third kappa shape index (κ3) is 4.20. The Labute approximate surface area is 122 Å². The van der Waals surface area contributed by atoms with E-state index in [4.69, 9.17) is 5.84 Å². The molecule has 0 aliphatic heterocycles. The molecular formula is C14H23F3N4. The lowest BCUT2D eigenvalue weighted by Crippen LogP contribution is -2.44. The predicted octanol–water partition coefficient (Wildman–Crippen LogP) is 2.55. The van der Waals surface area contributed by atoms with E-state index in [1.807, 2.05) is 17.8 Å². The average Bonchev–Trinajstić information content (AvgIpc) is 2.84. The van der Waals surface area contributed by atoms with Gasteiger partial charge < -0.3 is 4.57 Å².